The maximum atomic E-state index is 12.2. The fourth-order valence-corrected chi connectivity index (χ4v) is 5.08. The molecule has 6 heteroatoms. The zero-order valence-corrected chi connectivity index (χ0v) is 13.5. The van der Waals surface area contributed by atoms with Crippen molar-refractivity contribution in [2.45, 2.75) is 43.2 Å². The zero-order valence-electron chi connectivity index (χ0n) is 11.8. The second-order valence-electron chi connectivity index (χ2n) is 5.67. The summed E-state index contributed by atoms with van der Waals surface area (Å²) < 4.78 is 27.5. The van der Waals surface area contributed by atoms with Crippen LogP contribution < -0.4 is 4.72 Å². The van der Waals surface area contributed by atoms with E-state index in [1.165, 1.54) is 24.2 Å². The summed E-state index contributed by atoms with van der Waals surface area (Å²) in [6.45, 7) is 2.85. The van der Waals surface area contributed by atoms with Gasteiger partial charge in [0.2, 0.25) is 10.0 Å². The molecule has 1 aromatic heterocycles. The molecule has 1 saturated carbocycles. The molecular weight excluding hydrogens is 294 g/mol. The van der Waals surface area contributed by atoms with E-state index >= 15 is 0 Å². The third kappa shape index (κ3) is 4.28. The number of aliphatic hydroxyl groups excluding tert-OH is 1. The Labute approximate surface area is 125 Å². The van der Waals surface area contributed by atoms with Crippen molar-refractivity contribution >= 4 is 21.4 Å². The van der Waals surface area contributed by atoms with Crippen LogP contribution in [0.15, 0.2) is 16.3 Å². The predicted octanol–water partition coefficient (Wildman–Crippen LogP) is 2.39. The molecule has 4 nitrogen and oxygen atoms in total. The molecule has 114 valence electrons. The average molecular weight is 317 g/mol. The monoisotopic (exact) mass is 317 g/mol. The molecule has 1 aliphatic carbocycles. The van der Waals surface area contributed by atoms with Gasteiger partial charge >= 0.3 is 0 Å². The summed E-state index contributed by atoms with van der Waals surface area (Å²) in [5, 5.41) is 8.87. The van der Waals surface area contributed by atoms with Gasteiger partial charge in [-0.25, -0.2) is 13.1 Å². The molecule has 2 N–H and O–H groups in total. The van der Waals surface area contributed by atoms with Crippen molar-refractivity contribution in [1.29, 1.82) is 0 Å². The van der Waals surface area contributed by atoms with Gasteiger partial charge in [0.25, 0.3) is 0 Å². The lowest BCUT2D eigenvalue weighted by atomic mass is 9.83. The van der Waals surface area contributed by atoms with E-state index in [1.807, 2.05) is 0 Å². The molecule has 0 radical (unpaired) electrons. The Morgan fingerprint density at radius 1 is 1.30 bits per heavy atom. The fraction of sp³-hybridized carbons (Fsp3) is 0.714. The van der Waals surface area contributed by atoms with Gasteiger partial charge in [-0.2, -0.15) is 0 Å². The van der Waals surface area contributed by atoms with Crippen LogP contribution in [0, 0.1) is 11.8 Å². The molecule has 0 saturated heterocycles. The van der Waals surface area contributed by atoms with E-state index < -0.39 is 10.0 Å². The van der Waals surface area contributed by atoms with Gasteiger partial charge < -0.3 is 5.11 Å². The summed E-state index contributed by atoms with van der Waals surface area (Å²) in [4.78, 5) is 0.902. The molecule has 1 heterocycles. The summed E-state index contributed by atoms with van der Waals surface area (Å²) in [7, 11) is -3.38. The predicted molar refractivity (Wildman–Crippen MR) is 81.4 cm³/mol. The van der Waals surface area contributed by atoms with Crippen LogP contribution in [0.3, 0.4) is 0 Å². The van der Waals surface area contributed by atoms with Crippen LogP contribution in [0.25, 0.3) is 0 Å². The van der Waals surface area contributed by atoms with Gasteiger partial charge in [-0.1, -0.05) is 19.8 Å². The van der Waals surface area contributed by atoms with E-state index in [9.17, 15) is 8.42 Å². The minimum absolute atomic E-state index is 0.0493. The molecule has 0 spiro atoms. The first kappa shape index (κ1) is 15.9. The minimum atomic E-state index is -3.38. The molecule has 0 unspecified atom stereocenters. The molecule has 0 aliphatic heterocycles. The lowest BCUT2D eigenvalue weighted by Gasteiger charge is -2.26. The normalized spacial score (nSPS) is 23.9. The largest absolute Gasteiger partial charge is 0.396 e. The summed E-state index contributed by atoms with van der Waals surface area (Å²) in [6, 6.07) is 3.40. The quantitative estimate of drug-likeness (QED) is 0.846. The summed E-state index contributed by atoms with van der Waals surface area (Å²) >= 11 is 1.24. The first-order chi connectivity index (χ1) is 9.51. The van der Waals surface area contributed by atoms with Crippen LogP contribution in [0.5, 0.6) is 0 Å². The lowest BCUT2D eigenvalue weighted by molar-refractivity contribution is 0.290. The SMILES string of the molecule is CC1CCC(CNS(=O)(=O)c2ccc(CCO)s2)CC1. The Kier molecular flexibility index (Phi) is 5.60. The van der Waals surface area contributed by atoms with Crippen molar-refractivity contribution in [2.75, 3.05) is 13.2 Å². The van der Waals surface area contributed by atoms with Crippen LogP contribution in [0.4, 0.5) is 0 Å². The molecule has 0 bridgehead atoms. The summed E-state index contributed by atoms with van der Waals surface area (Å²) in [5.74, 6) is 1.25. The van der Waals surface area contributed by atoms with Crippen molar-refractivity contribution in [3.63, 3.8) is 0 Å². The van der Waals surface area contributed by atoms with Crippen LogP contribution in [-0.2, 0) is 16.4 Å². The first-order valence-corrected chi connectivity index (χ1v) is 9.50. The minimum Gasteiger partial charge on any atom is -0.396 e. The number of aliphatic hydroxyl groups is 1. The zero-order chi connectivity index (χ0) is 14.6. The third-order valence-electron chi connectivity index (χ3n) is 3.96. The van der Waals surface area contributed by atoms with Gasteiger partial charge in [0.05, 0.1) is 0 Å². The molecule has 1 aliphatic rings. The highest BCUT2D eigenvalue weighted by atomic mass is 32.2. The standard InChI is InChI=1S/C14H23NO3S2/c1-11-2-4-12(5-3-11)10-15-20(17,18)14-7-6-13(19-14)8-9-16/h6-7,11-12,15-16H,2-5,8-10H2,1H3. The van der Waals surface area contributed by atoms with Gasteiger partial charge in [-0.3, -0.25) is 0 Å². The fourth-order valence-electron chi connectivity index (χ4n) is 2.58. The molecular formula is C14H23NO3S2. The van der Waals surface area contributed by atoms with Crippen LogP contribution >= 0.6 is 11.3 Å². The van der Waals surface area contributed by atoms with E-state index in [2.05, 4.69) is 11.6 Å². The van der Waals surface area contributed by atoms with Gasteiger partial charge in [-0.05, 0) is 36.8 Å². The van der Waals surface area contributed by atoms with Crippen molar-refractivity contribution in [1.82, 2.24) is 4.72 Å². The van der Waals surface area contributed by atoms with Crippen LogP contribution in [-0.4, -0.2) is 26.7 Å². The van der Waals surface area contributed by atoms with E-state index in [-0.39, 0.29) is 6.61 Å². The lowest BCUT2D eigenvalue weighted by Crippen LogP contribution is -2.30. The van der Waals surface area contributed by atoms with Gasteiger partial charge in [-0.15, -0.1) is 11.3 Å². The number of hydrogen-bond donors (Lipinski definition) is 2. The number of sulfonamides is 1. The van der Waals surface area contributed by atoms with E-state index in [1.54, 1.807) is 12.1 Å². The Morgan fingerprint density at radius 3 is 2.65 bits per heavy atom. The van der Waals surface area contributed by atoms with Crippen molar-refractivity contribution < 1.29 is 13.5 Å². The van der Waals surface area contributed by atoms with E-state index in [0.29, 0.717) is 23.1 Å². The third-order valence-corrected chi connectivity index (χ3v) is 7.02. The van der Waals surface area contributed by atoms with Crippen LogP contribution in [0.2, 0.25) is 0 Å². The van der Waals surface area contributed by atoms with E-state index in [0.717, 1.165) is 23.6 Å². The Morgan fingerprint density at radius 2 is 2.00 bits per heavy atom. The van der Waals surface area contributed by atoms with Gasteiger partial charge in [0, 0.05) is 24.4 Å². The van der Waals surface area contributed by atoms with Crippen molar-refractivity contribution in [3.8, 4) is 0 Å². The first-order valence-electron chi connectivity index (χ1n) is 7.20. The topological polar surface area (TPSA) is 66.4 Å². The molecule has 0 atom stereocenters. The highest BCUT2D eigenvalue weighted by Crippen LogP contribution is 2.28. The maximum Gasteiger partial charge on any atom is 0.250 e. The summed E-state index contributed by atoms with van der Waals surface area (Å²) in [6.07, 6.45) is 5.15. The van der Waals surface area contributed by atoms with Crippen molar-refractivity contribution in [2.24, 2.45) is 11.8 Å². The smallest absolute Gasteiger partial charge is 0.250 e. The number of nitrogens with one attached hydrogen (secondary N) is 1. The van der Waals surface area contributed by atoms with Gasteiger partial charge in [0.15, 0.2) is 0 Å². The maximum absolute atomic E-state index is 12.2. The second-order valence-corrected chi connectivity index (χ2v) is 8.83. The Hall–Kier alpha value is -0.430. The second kappa shape index (κ2) is 7.02. The van der Waals surface area contributed by atoms with E-state index in [4.69, 9.17) is 5.11 Å². The molecule has 1 fully saturated rings. The Bertz CT molecular complexity index is 516. The average Bonchev–Trinajstić information content (AvgIpc) is 2.88. The number of hydrogen-bond acceptors (Lipinski definition) is 4. The molecule has 0 amide bonds. The highest BCUT2D eigenvalue weighted by Gasteiger charge is 2.22. The molecule has 0 aromatic carbocycles. The van der Waals surface area contributed by atoms with Crippen LogP contribution in [0.1, 0.15) is 37.5 Å². The number of rotatable bonds is 6. The highest BCUT2D eigenvalue weighted by molar-refractivity contribution is 7.91. The molecule has 1 aromatic rings. The number of thiophene rings is 1. The Balaban J connectivity index is 1.90. The van der Waals surface area contributed by atoms with Crippen molar-refractivity contribution in [3.05, 3.63) is 17.0 Å². The summed E-state index contributed by atoms with van der Waals surface area (Å²) in [5.41, 5.74) is 0. The molecule has 20 heavy (non-hydrogen) atoms. The van der Waals surface area contributed by atoms with Gasteiger partial charge in [0.1, 0.15) is 4.21 Å². The molecule has 2 rings (SSSR count).